The SMILES string of the molecule is CC(CC(F)(F)F)NCC1CCCN1. The minimum atomic E-state index is -4.06. The number of alkyl halides is 3. The number of hydrogen-bond donors (Lipinski definition) is 2. The summed E-state index contributed by atoms with van der Waals surface area (Å²) in [6.07, 6.45) is -2.62. The monoisotopic (exact) mass is 210 g/mol. The van der Waals surface area contributed by atoms with E-state index >= 15 is 0 Å². The zero-order chi connectivity index (χ0) is 10.6. The van der Waals surface area contributed by atoms with Crippen molar-refractivity contribution in [3.05, 3.63) is 0 Å². The standard InChI is InChI=1S/C9H17F3N2/c1-7(5-9(10,11)12)14-6-8-3-2-4-13-8/h7-8,13-14H,2-6H2,1H3. The third-order valence-corrected chi connectivity index (χ3v) is 2.41. The van der Waals surface area contributed by atoms with Crippen molar-refractivity contribution in [3.63, 3.8) is 0 Å². The van der Waals surface area contributed by atoms with Gasteiger partial charge < -0.3 is 10.6 Å². The largest absolute Gasteiger partial charge is 0.390 e. The Hall–Kier alpha value is -0.290. The van der Waals surface area contributed by atoms with Crippen LogP contribution in [-0.4, -0.2) is 31.3 Å². The third-order valence-electron chi connectivity index (χ3n) is 2.41. The maximum absolute atomic E-state index is 12.0. The van der Waals surface area contributed by atoms with Gasteiger partial charge in [-0.05, 0) is 26.3 Å². The van der Waals surface area contributed by atoms with E-state index in [4.69, 9.17) is 0 Å². The Kier molecular flexibility index (Phi) is 4.19. The molecular formula is C9H17F3N2. The first-order valence-electron chi connectivity index (χ1n) is 5.01. The number of hydrogen-bond acceptors (Lipinski definition) is 2. The lowest BCUT2D eigenvalue weighted by atomic mass is 10.2. The Morgan fingerprint density at radius 1 is 1.50 bits per heavy atom. The summed E-state index contributed by atoms with van der Waals surface area (Å²) in [7, 11) is 0. The smallest absolute Gasteiger partial charge is 0.313 e. The molecular weight excluding hydrogens is 193 g/mol. The van der Waals surface area contributed by atoms with Crippen molar-refractivity contribution in [2.45, 2.75) is 44.4 Å². The zero-order valence-corrected chi connectivity index (χ0v) is 8.32. The van der Waals surface area contributed by atoms with Gasteiger partial charge in [0, 0.05) is 18.6 Å². The van der Waals surface area contributed by atoms with Gasteiger partial charge in [0.1, 0.15) is 0 Å². The minimum absolute atomic E-state index is 0.352. The highest BCUT2D eigenvalue weighted by atomic mass is 19.4. The molecule has 14 heavy (non-hydrogen) atoms. The van der Waals surface area contributed by atoms with E-state index in [0.717, 1.165) is 19.4 Å². The van der Waals surface area contributed by atoms with Crippen LogP contribution in [0.4, 0.5) is 13.2 Å². The maximum atomic E-state index is 12.0. The highest BCUT2D eigenvalue weighted by Crippen LogP contribution is 2.21. The van der Waals surface area contributed by atoms with Gasteiger partial charge in [-0.1, -0.05) is 0 Å². The minimum Gasteiger partial charge on any atom is -0.313 e. The Balaban J connectivity index is 2.11. The molecule has 0 aromatic carbocycles. The average molecular weight is 210 g/mol. The number of rotatable bonds is 4. The molecule has 1 rings (SSSR count). The van der Waals surface area contributed by atoms with Crippen LogP contribution in [0.25, 0.3) is 0 Å². The molecule has 5 heteroatoms. The van der Waals surface area contributed by atoms with Gasteiger partial charge in [0.05, 0.1) is 6.42 Å². The van der Waals surface area contributed by atoms with Crippen LogP contribution in [0, 0.1) is 0 Å². The molecule has 1 saturated heterocycles. The van der Waals surface area contributed by atoms with Crippen LogP contribution < -0.4 is 10.6 Å². The second-order valence-electron chi connectivity index (χ2n) is 3.92. The molecule has 2 N–H and O–H groups in total. The summed E-state index contributed by atoms with van der Waals surface area (Å²) < 4.78 is 35.9. The first-order valence-corrected chi connectivity index (χ1v) is 5.01. The molecule has 84 valence electrons. The van der Waals surface area contributed by atoms with Crippen LogP contribution in [0.15, 0.2) is 0 Å². The Bertz CT molecular complexity index is 164. The van der Waals surface area contributed by atoms with Crippen LogP contribution in [0.2, 0.25) is 0 Å². The summed E-state index contributed by atoms with van der Waals surface area (Å²) in [5.74, 6) is 0. The quantitative estimate of drug-likeness (QED) is 0.737. The molecule has 0 aromatic heterocycles. The molecule has 2 atom stereocenters. The molecule has 1 fully saturated rings. The molecule has 0 spiro atoms. The van der Waals surface area contributed by atoms with E-state index in [9.17, 15) is 13.2 Å². The zero-order valence-electron chi connectivity index (χ0n) is 8.32. The summed E-state index contributed by atoms with van der Waals surface area (Å²) in [5.41, 5.74) is 0. The van der Waals surface area contributed by atoms with Crippen molar-refractivity contribution >= 4 is 0 Å². The Labute approximate surface area is 82.2 Å². The first kappa shape index (κ1) is 11.8. The van der Waals surface area contributed by atoms with Crippen LogP contribution in [0.1, 0.15) is 26.2 Å². The van der Waals surface area contributed by atoms with Crippen molar-refractivity contribution in [2.75, 3.05) is 13.1 Å². The molecule has 0 saturated carbocycles. The van der Waals surface area contributed by atoms with E-state index in [2.05, 4.69) is 10.6 Å². The van der Waals surface area contributed by atoms with E-state index < -0.39 is 18.6 Å². The van der Waals surface area contributed by atoms with Crippen molar-refractivity contribution in [1.29, 1.82) is 0 Å². The molecule has 0 amide bonds. The summed E-state index contributed by atoms with van der Waals surface area (Å²) in [4.78, 5) is 0. The molecule has 0 radical (unpaired) electrons. The lowest BCUT2D eigenvalue weighted by Crippen LogP contribution is -2.40. The molecule has 0 bridgehead atoms. The van der Waals surface area contributed by atoms with Gasteiger partial charge in [0.2, 0.25) is 0 Å². The van der Waals surface area contributed by atoms with Crippen molar-refractivity contribution in [2.24, 2.45) is 0 Å². The molecule has 0 aliphatic carbocycles. The third kappa shape index (κ3) is 4.81. The van der Waals surface area contributed by atoms with Gasteiger partial charge in [-0.3, -0.25) is 0 Å². The van der Waals surface area contributed by atoms with Gasteiger partial charge in [-0.15, -0.1) is 0 Å². The summed E-state index contributed by atoms with van der Waals surface area (Å²) in [5, 5.41) is 6.13. The fourth-order valence-electron chi connectivity index (χ4n) is 1.69. The lowest BCUT2D eigenvalue weighted by Gasteiger charge is -2.18. The van der Waals surface area contributed by atoms with E-state index in [1.807, 2.05) is 0 Å². The summed E-state index contributed by atoms with van der Waals surface area (Å²) in [6, 6.07) is -0.136. The Morgan fingerprint density at radius 3 is 2.71 bits per heavy atom. The van der Waals surface area contributed by atoms with E-state index in [1.54, 1.807) is 6.92 Å². The highest BCUT2D eigenvalue weighted by molar-refractivity contribution is 4.78. The normalized spacial score (nSPS) is 25.3. The van der Waals surface area contributed by atoms with Gasteiger partial charge in [-0.25, -0.2) is 0 Å². The average Bonchev–Trinajstić information content (AvgIpc) is 2.49. The maximum Gasteiger partial charge on any atom is 0.390 e. The van der Waals surface area contributed by atoms with Crippen molar-refractivity contribution in [3.8, 4) is 0 Å². The predicted molar refractivity (Wildman–Crippen MR) is 49.2 cm³/mol. The van der Waals surface area contributed by atoms with Crippen LogP contribution in [0.3, 0.4) is 0 Å². The van der Waals surface area contributed by atoms with Gasteiger partial charge >= 0.3 is 6.18 Å². The second-order valence-corrected chi connectivity index (χ2v) is 3.92. The second kappa shape index (κ2) is 4.98. The van der Waals surface area contributed by atoms with E-state index in [1.165, 1.54) is 0 Å². The van der Waals surface area contributed by atoms with E-state index in [0.29, 0.717) is 12.6 Å². The summed E-state index contributed by atoms with van der Waals surface area (Å²) in [6.45, 7) is 3.19. The van der Waals surface area contributed by atoms with Crippen molar-refractivity contribution < 1.29 is 13.2 Å². The predicted octanol–water partition coefficient (Wildman–Crippen LogP) is 1.67. The summed E-state index contributed by atoms with van der Waals surface area (Å²) >= 11 is 0. The van der Waals surface area contributed by atoms with Gasteiger partial charge in [0.25, 0.3) is 0 Å². The molecule has 1 aliphatic rings. The topological polar surface area (TPSA) is 24.1 Å². The van der Waals surface area contributed by atoms with E-state index in [-0.39, 0.29) is 0 Å². The first-order chi connectivity index (χ1) is 6.47. The Morgan fingerprint density at radius 2 is 2.21 bits per heavy atom. The van der Waals surface area contributed by atoms with Crippen LogP contribution in [-0.2, 0) is 0 Å². The lowest BCUT2D eigenvalue weighted by molar-refractivity contribution is -0.139. The molecule has 2 nitrogen and oxygen atoms in total. The fourth-order valence-corrected chi connectivity index (χ4v) is 1.69. The number of halogens is 3. The van der Waals surface area contributed by atoms with Gasteiger partial charge in [-0.2, -0.15) is 13.2 Å². The fraction of sp³-hybridized carbons (Fsp3) is 1.00. The molecule has 0 aromatic rings. The number of nitrogens with one attached hydrogen (secondary N) is 2. The molecule has 1 aliphatic heterocycles. The highest BCUT2D eigenvalue weighted by Gasteiger charge is 2.30. The van der Waals surface area contributed by atoms with Crippen LogP contribution in [0.5, 0.6) is 0 Å². The van der Waals surface area contributed by atoms with Gasteiger partial charge in [0.15, 0.2) is 0 Å². The van der Waals surface area contributed by atoms with Crippen LogP contribution >= 0.6 is 0 Å². The van der Waals surface area contributed by atoms with Crippen molar-refractivity contribution in [1.82, 2.24) is 10.6 Å². The molecule has 1 heterocycles. The molecule has 2 unspecified atom stereocenters.